The third kappa shape index (κ3) is 5.14. The molecule has 0 unspecified atom stereocenters. The predicted octanol–water partition coefficient (Wildman–Crippen LogP) is 0.677. The van der Waals surface area contributed by atoms with Crippen molar-refractivity contribution in [3.05, 3.63) is 0 Å². The van der Waals surface area contributed by atoms with Crippen LogP contribution in [0.25, 0.3) is 0 Å². The first-order valence-electron chi connectivity index (χ1n) is 5.30. The molecule has 0 bridgehead atoms. The number of nitrogens with zero attached hydrogens (tertiary/aromatic N) is 2. The third-order valence-corrected chi connectivity index (χ3v) is 2.51. The average molecular weight is 216 g/mol. The zero-order chi connectivity index (χ0) is 12.0. The summed E-state index contributed by atoms with van der Waals surface area (Å²) in [4.78, 5) is 15.4. The number of likely N-dealkylation sites (N-methyl/N-ethyl adjacent to an activating group) is 2. The molecule has 0 aliphatic rings. The first kappa shape index (κ1) is 14.4. The molecule has 0 rings (SSSR count). The van der Waals surface area contributed by atoms with Gasteiger partial charge in [-0.3, -0.25) is 9.69 Å². The Hall–Kier alpha value is -0.610. The standard InChI is InChI=1S/C11H24N2O2/c1-9(8-15-6)7-13(5)10(2)11(14)12(3)4/h9-10H,7-8H2,1-6H3/t9-,10+/m1/s1. The Morgan fingerprint density at radius 2 is 1.80 bits per heavy atom. The van der Waals surface area contributed by atoms with E-state index in [2.05, 4.69) is 11.8 Å². The highest BCUT2D eigenvalue weighted by molar-refractivity contribution is 5.80. The smallest absolute Gasteiger partial charge is 0.239 e. The largest absolute Gasteiger partial charge is 0.384 e. The topological polar surface area (TPSA) is 32.8 Å². The van der Waals surface area contributed by atoms with Gasteiger partial charge in [0.15, 0.2) is 0 Å². The molecule has 0 saturated carbocycles. The van der Waals surface area contributed by atoms with Gasteiger partial charge in [-0.05, 0) is 19.9 Å². The fourth-order valence-electron chi connectivity index (χ4n) is 1.55. The van der Waals surface area contributed by atoms with Crippen LogP contribution in [0.2, 0.25) is 0 Å². The molecule has 0 spiro atoms. The van der Waals surface area contributed by atoms with Crippen LogP contribution >= 0.6 is 0 Å². The van der Waals surface area contributed by atoms with Gasteiger partial charge in [0.1, 0.15) is 0 Å². The molecule has 90 valence electrons. The maximum Gasteiger partial charge on any atom is 0.239 e. The number of carbonyl (C=O) groups excluding carboxylic acids is 1. The van der Waals surface area contributed by atoms with Crippen LogP contribution in [-0.4, -0.2) is 63.2 Å². The van der Waals surface area contributed by atoms with Crippen LogP contribution in [0.4, 0.5) is 0 Å². The molecular formula is C11H24N2O2. The Labute approximate surface area is 93.2 Å². The minimum absolute atomic E-state index is 0.0701. The highest BCUT2D eigenvalue weighted by Gasteiger charge is 2.20. The zero-order valence-corrected chi connectivity index (χ0v) is 10.8. The summed E-state index contributed by atoms with van der Waals surface area (Å²) in [5, 5.41) is 0. The summed E-state index contributed by atoms with van der Waals surface area (Å²) in [7, 11) is 7.24. The van der Waals surface area contributed by atoms with Gasteiger partial charge in [-0.15, -0.1) is 0 Å². The van der Waals surface area contributed by atoms with E-state index in [9.17, 15) is 4.79 Å². The molecule has 1 amide bonds. The van der Waals surface area contributed by atoms with Gasteiger partial charge in [-0.2, -0.15) is 0 Å². The number of carbonyl (C=O) groups is 1. The number of hydrogen-bond donors (Lipinski definition) is 0. The van der Waals surface area contributed by atoms with Crippen LogP contribution in [0.3, 0.4) is 0 Å². The van der Waals surface area contributed by atoms with Crippen LogP contribution in [0.1, 0.15) is 13.8 Å². The van der Waals surface area contributed by atoms with Crippen molar-refractivity contribution in [2.24, 2.45) is 5.92 Å². The Bertz CT molecular complexity index is 195. The second-order valence-corrected chi connectivity index (χ2v) is 4.41. The van der Waals surface area contributed by atoms with E-state index in [0.717, 1.165) is 13.2 Å². The summed E-state index contributed by atoms with van der Waals surface area (Å²) in [6.07, 6.45) is 0. The van der Waals surface area contributed by atoms with Gasteiger partial charge in [0, 0.05) is 34.4 Å². The van der Waals surface area contributed by atoms with E-state index >= 15 is 0 Å². The quantitative estimate of drug-likeness (QED) is 0.654. The van der Waals surface area contributed by atoms with E-state index < -0.39 is 0 Å². The van der Waals surface area contributed by atoms with Gasteiger partial charge in [0.25, 0.3) is 0 Å². The lowest BCUT2D eigenvalue weighted by Gasteiger charge is -2.28. The third-order valence-electron chi connectivity index (χ3n) is 2.51. The summed E-state index contributed by atoms with van der Waals surface area (Å²) < 4.78 is 5.07. The molecule has 0 N–H and O–H groups in total. The van der Waals surface area contributed by atoms with Crippen LogP contribution in [0, 0.1) is 5.92 Å². The average Bonchev–Trinajstić information content (AvgIpc) is 2.15. The lowest BCUT2D eigenvalue weighted by atomic mass is 10.1. The van der Waals surface area contributed by atoms with Crippen LogP contribution in [0.5, 0.6) is 0 Å². The van der Waals surface area contributed by atoms with Gasteiger partial charge in [0.05, 0.1) is 6.04 Å². The maximum absolute atomic E-state index is 11.7. The minimum atomic E-state index is -0.0701. The molecule has 0 aromatic rings. The van der Waals surface area contributed by atoms with Crippen molar-refractivity contribution in [1.82, 2.24) is 9.80 Å². The van der Waals surface area contributed by atoms with Crippen molar-refractivity contribution in [3.8, 4) is 0 Å². The van der Waals surface area contributed by atoms with Crippen LogP contribution in [-0.2, 0) is 9.53 Å². The molecule has 0 aliphatic heterocycles. The lowest BCUT2D eigenvalue weighted by Crippen LogP contribution is -2.44. The Morgan fingerprint density at radius 3 is 2.20 bits per heavy atom. The summed E-state index contributed by atoms with van der Waals surface area (Å²) in [5.41, 5.74) is 0. The first-order chi connectivity index (χ1) is 6.90. The molecular weight excluding hydrogens is 192 g/mol. The Morgan fingerprint density at radius 1 is 1.27 bits per heavy atom. The van der Waals surface area contributed by atoms with E-state index in [0.29, 0.717) is 5.92 Å². The fraction of sp³-hybridized carbons (Fsp3) is 0.909. The Balaban J connectivity index is 4.08. The second-order valence-electron chi connectivity index (χ2n) is 4.41. The van der Waals surface area contributed by atoms with Crippen molar-refractivity contribution in [2.45, 2.75) is 19.9 Å². The normalized spacial score (nSPS) is 15.1. The van der Waals surface area contributed by atoms with E-state index in [-0.39, 0.29) is 11.9 Å². The van der Waals surface area contributed by atoms with E-state index in [1.54, 1.807) is 26.1 Å². The fourth-order valence-corrected chi connectivity index (χ4v) is 1.55. The second kappa shape index (κ2) is 6.80. The van der Waals surface area contributed by atoms with Gasteiger partial charge < -0.3 is 9.64 Å². The van der Waals surface area contributed by atoms with Crippen molar-refractivity contribution in [3.63, 3.8) is 0 Å². The summed E-state index contributed by atoms with van der Waals surface area (Å²) >= 11 is 0. The monoisotopic (exact) mass is 216 g/mol. The molecule has 0 aromatic carbocycles. The van der Waals surface area contributed by atoms with Crippen LogP contribution < -0.4 is 0 Å². The molecule has 2 atom stereocenters. The molecule has 4 nitrogen and oxygen atoms in total. The molecule has 0 saturated heterocycles. The molecule has 0 aromatic heterocycles. The highest BCUT2D eigenvalue weighted by atomic mass is 16.5. The van der Waals surface area contributed by atoms with E-state index in [1.165, 1.54) is 0 Å². The van der Waals surface area contributed by atoms with Crippen LogP contribution in [0.15, 0.2) is 0 Å². The summed E-state index contributed by atoms with van der Waals surface area (Å²) in [5.74, 6) is 0.583. The van der Waals surface area contributed by atoms with Crippen molar-refractivity contribution in [1.29, 1.82) is 0 Å². The van der Waals surface area contributed by atoms with Gasteiger partial charge >= 0.3 is 0 Å². The van der Waals surface area contributed by atoms with E-state index in [4.69, 9.17) is 4.74 Å². The van der Waals surface area contributed by atoms with Crippen molar-refractivity contribution in [2.75, 3.05) is 41.4 Å². The van der Waals surface area contributed by atoms with Crippen molar-refractivity contribution < 1.29 is 9.53 Å². The van der Waals surface area contributed by atoms with Gasteiger partial charge in [-0.25, -0.2) is 0 Å². The molecule has 4 heteroatoms. The minimum Gasteiger partial charge on any atom is -0.384 e. The number of methoxy groups -OCH3 is 1. The first-order valence-corrected chi connectivity index (χ1v) is 5.30. The number of amides is 1. The van der Waals surface area contributed by atoms with Gasteiger partial charge in [0.2, 0.25) is 5.91 Å². The van der Waals surface area contributed by atoms with Gasteiger partial charge in [-0.1, -0.05) is 6.92 Å². The molecule has 0 radical (unpaired) electrons. The highest BCUT2D eigenvalue weighted by Crippen LogP contribution is 2.04. The predicted molar refractivity (Wildman–Crippen MR) is 61.8 cm³/mol. The summed E-state index contributed by atoms with van der Waals surface area (Å²) in [6, 6.07) is -0.0701. The number of hydrogen-bond acceptors (Lipinski definition) is 3. The number of ether oxygens (including phenoxy) is 1. The SMILES string of the molecule is COC[C@H](C)CN(C)[C@@H](C)C(=O)N(C)C. The Kier molecular flexibility index (Phi) is 6.52. The van der Waals surface area contributed by atoms with E-state index in [1.807, 2.05) is 14.0 Å². The molecule has 0 fully saturated rings. The molecule has 0 aliphatic carbocycles. The summed E-state index contributed by atoms with van der Waals surface area (Å²) in [6.45, 7) is 5.65. The van der Waals surface area contributed by atoms with Crippen molar-refractivity contribution >= 4 is 5.91 Å². The lowest BCUT2D eigenvalue weighted by molar-refractivity contribution is -0.133. The number of rotatable bonds is 6. The zero-order valence-electron chi connectivity index (χ0n) is 10.8. The maximum atomic E-state index is 11.7. The molecule has 0 heterocycles. The molecule has 15 heavy (non-hydrogen) atoms.